The fraction of sp³-hybridized carbons (Fsp3) is 0.393. The minimum atomic E-state index is -0.648. The van der Waals surface area contributed by atoms with Gasteiger partial charge in [0.2, 0.25) is 0 Å². The van der Waals surface area contributed by atoms with E-state index in [0.29, 0.717) is 30.1 Å². The maximum Gasteiger partial charge on any atom is 0.338 e. The summed E-state index contributed by atoms with van der Waals surface area (Å²) in [6, 6.07) is 13.5. The maximum atomic E-state index is 13.1. The SMILES string of the molecule is CCCN1C(=O)N[C@@H](c2ccc(NC(=O)Nc3cccc(CC)c3)cc2)C(C(=O)OCC(C)C)=C1C. The average molecular weight is 493 g/mol. The van der Waals surface area contributed by atoms with Gasteiger partial charge in [0.15, 0.2) is 0 Å². The third-order valence-electron chi connectivity index (χ3n) is 5.91. The smallest absolute Gasteiger partial charge is 0.338 e. The number of esters is 1. The van der Waals surface area contributed by atoms with Crippen molar-refractivity contribution in [2.24, 2.45) is 5.92 Å². The Bertz CT molecular complexity index is 1120. The Morgan fingerprint density at radius 2 is 1.75 bits per heavy atom. The molecule has 8 nitrogen and oxygen atoms in total. The quantitative estimate of drug-likeness (QED) is 0.383. The first-order valence-corrected chi connectivity index (χ1v) is 12.5. The Labute approximate surface area is 213 Å². The van der Waals surface area contributed by atoms with E-state index in [1.165, 1.54) is 0 Å². The molecule has 0 aromatic heterocycles. The number of carbonyl (C=O) groups excluding carboxylic acids is 3. The van der Waals surface area contributed by atoms with Crippen LogP contribution in [0.4, 0.5) is 21.0 Å². The molecule has 4 amide bonds. The third kappa shape index (κ3) is 6.65. The van der Waals surface area contributed by atoms with E-state index < -0.39 is 12.0 Å². The molecule has 0 fully saturated rings. The van der Waals surface area contributed by atoms with Crippen molar-refractivity contribution in [2.75, 3.05) is 23.8 Å². The van der Waals surface area contributed by atoms with Gasteiger partial charge < -0.3 is 20.7 Å². The minimum absolute atomic E-state index is 0.194. The van der Waals surface area contributed by atoms with Crippen molar-refractivity contribution in [1.82, 2.24) is 10.2 Å². The zero-order valence-electron chi connectivity index (χ0n) is 21.7. The van der Waals surface area contributed by atoms with Crippen molar-refractivity contribution in [3.05, 3.63) is 70.9 Å². The van der Waals surface area contributed by atoms with Gasteiger partial charge in [-0.25, -0.2) is 14.4 Å². The van der Waals surface area contributed by atoms with E-state index in [1.807, 2.05) is 45.0 Å². The van der Waals surface area contributed by atoms with E-state index in [1.54, 1.807) is 36.1 Å². The number of ether oxygens (including phenoxy) is 1. The number of aryl methyl sites for hydroxylation is 1. The lowest BCUT2D eigenvalue weighted by atomic mass is 9.94. The molecule has 1 aliphatic rings. The van der Waals surface area contributed by atoms with E-state index in [2.05, 4.69) is 22.9 Å². The van der Waals surface area contributed by atoms with Gasteiger partial charge in [-0.2, -0.15) is 0 Å². The van der Waals surface area contributed by atoms with Gasteiger partial charge in [-0.15, -0.1) is 0 Å². The van der Waals surface area contributed by atoms with Crippen LogP contribution in [-0.4, -0.2) is 36.1 Å². The molecule has 3 N–H and O–H groups in total. The van der Waals surface area contributed by atoms with Crippen LogP contribution in [0.3, 0.4) is 0 Å². The summed E-state index contributed by atoms with van der Waals surface area (Å²) in [5.41, 5.74) is 4.16. The van der Waals surface area contributed by atoms with Crippen molar-refractivity contribution < 1.29 is 19.1 Å². The van der Waals surface area contributed by atoms with Crippen LogP contribution in [0.1, 0.15) is 58.2 Å². The fourth-order valence-corrected chi connectivity index (χ4v) is 4.03. The van der Waals surface area contributed by atoms with Crippen LogP contribution in [-0.2, 0) is 16.0 Å². The van der Waals surface area contributed by atoms with Gasteiger partial charge >= 0.3 is 18.0 Å². The fourth-order valence-electron chi connectivity index (χ4n) is 4.03. The summed E-state index contributed by atoms with van der Waals surface area (Å²) < 4.78 is 5.54. The Kier molecular flexibility index (Phi) is 9.11. The highest BCUT2D eigenvalue weighted by Crippen LogP contribution is 2.32. The topological polar surface area (TPSA) is 99.8 Å². The average Bonchev–Trinajstić information content (AvgIpc) is 2.85. The van der Waals surface area contributed by atoms with Gasteiger partial charge in [0.1, 0.15) is 0 Å². The van der Waals surface area contributed by atoms with Gasteiger partial charge in [0.05, 0.1) is 18.2 Å². The summed E-state index contributed by atoms with van der Waals surface area (Å²) in [4.78, 5) is 39.9. The van der Waals surface area contributed by atoms with Crippen LogP contribution >= 0.6 is 0 Å². The number of benzene rings is 2. The summed E-state index contributed by atoms with van der Waals surface area (Å²) >= 11 is 0. The van der Waals surface area contributed by atoms with Crippen LogP contribution in [0.15, 0.2) is 59.8 Å². The molecule has 192 valence electrons. The lowest BCUT2D eigenvalue weighted by Crippen LogP contribution is -2.48. The zero-order chi connectivity index (χ0) is 26.2. The molecule has 0 bridgehead atoms. The monoisotopic (exact) mass is 492 g/mol. The number of carbonyl (C=O) groups is 3. The Morgan fingerprint density at radius 1 is 1.06 bits per heavy atom. The summed E-state index contributed by atoms with van der Waals surface area (Å²) in [6.45, 7) is 10.6. The van der Waals surface area contributed by atoms with Crippen molar-refractivity contribution in [3.8, 4) is 0 Å². The van der Waals surface area contributed by atoms with Gasteiger partial charge in [-0.1, -0.05) is 52.0 Å². The first-order chi connectivity index (χ1) is 17.2. The molecule has 1 atom stereocenters. The molecule has 36 heavy (non-hydrogen) atoms. The lowest BCUT2D eigenvalue weighted by Gasteiger charge is -2.35. The molecule has 0 saturated heterocycles. The second-order valence-electron chi connectivity index (χ2n) is 9.28. The lowest BCUT2D eigenvalue weighted by molar-refractivity contribution is -0.140. The molecule has 1 heterocycles. The predicted molar refractivity (Wildman–Crippen MR) is 142 cm³/mol. The molecular weight excluding hydrogens is 456 g/mol. The third-order valence-corrected chi connectivity index (χ3v) is 5.91. The first-order valence-electron chi connectivity index (χ1n) is 12.5. The van der Waals surface area contributed by atoms with Gasteiger partial charge in [-0.05, 0) is 61.1 Å². The van der Waals surface area contributed by atoms with E-state index in [-0.39, 0.29) is 18.0 Å². The Morgan fingerprint density at radius 3 is 2.39 bits per heavy atom. The highest BCUT2D eigenvalue weighted by atomic mass is 16.5. The van der Waals surface area contributed by atoms with Crippen LogP contribution in [0.25, 0.3) is 0 Å². The first kappa shape index (κ1) is 26.8. The number of amides is 4. The second kappa shape index (κ2) is 12.2. The van der Waals surface area contributed by atoms with Crippen molar-refractivity contribution in [2.45, 2.75) is 53.5 Å². The van der Waals surface area contributed by atoms with Gasteiger partial charge in [-0.3, -0.25) is 4.90 Å². The molecule has 8 heteroatoms. The number of rotatable bonds is 9. The number of nitrogens with one attached hydrogen (secondary N) is 3. The molecule has 0 radical (unpaired) electrons. The van der Waals surface area contributed by atoms with Crippen molar-refractivity contribution >= 4 is 29.4 Å². The molecular formula is C28H36N4O4. The Hall–Kier alpha value is -3.81. The van der Waals surface area contributed by atoms with Crippen LogP contribution in [0.2, 0.25) is 0 Å². The zero-order valence-corrected chi connectivity index (χ0v) is 21.7. The summed E-state index contributed by atoms with van der Waals surface area (Å²) in [5.74, 6) is -0.248. The van der Waals surface area contributed by atoms with E-state index in [0.717, 1.165) is 29.7 Å². The number of anilines is 2. The largest absolute Gasteiger partial charge is 0.462 e. The van der Waals surface area contributed by atoms with Crippen LogP contribution < -0.4 is 16.0 Å². The van der Waals surface area contributed by atoms with Gasteiger partial charge in [0, 0.05) is 23.6 Å². The molecule has 0 unspecified atom stereocenters. The standard InChI is InChI=1S/C28H36N4O4/c1-6-15-32-19(5)24(26(33)36-17-18(3)4)25(31-28(32)35)21-11-13-22(14-12-21)29-27(34)30-23-10-8-9-20(7-2)16-23/h8-14,16,18,25H,6-7,15,17H2,1-5H3,(H,31,35)(H2,29,30,34)/t25-/m0/s1. The van der Waals surface area contributed by atoms with E-state index in [9.17, 15) is 14.4 Å². The number of allylic oxidation sites excluding steroid dienone is 1. The normalized spacial score (nSPS) is 15.6. The number of hydrogen-bond donors (Lipinski definition) is 3. The number of urea groups is 2. The highest BCUT2D eigenvalue weighted by Gasteiger charge is 2.36. The van der Waals surface area contributed by atoms with Crippen molar-refractivity contribution in [1.29, 1.82) is 0 Å². The molecule has 1 aliphatic heterocycles. The predicted octanol–water partition coefficient (Wildman–Crippen LogP) is 5.84. The second-order valence-corrected chi connectivity index (χ2v) is 9.28. The van der Waals surface area contributed by atoms with E-state index in [4.69, 9.17) is 4.74 Å². The molecule has 0 saturated carbocycles. The molecule has 3 rings (SSSR count). The Balaban J connectivity index is 1.78. The number of nitrogens with zero attached hydrogens (tertiary/aromatic N) is 1. The minimum Gasteiger partial charge on any atom is -0.462 e. The van der Waals surface area contributed by atoms with E-state index >= 15 is 0 Å². The molecule has 0 spiro atoms. The maximum absolute atomic E-state index is 13.1. The molecule has 0 aliphatic carbocycles. The van der Waals surface area contributed by atoms with Crippen LogP contribution in [0.5, 0.6) is 0 Å². The van der Waals surface area contributed by atoms with Gasteiger partial charge in [0.25, 0.3) is 0 Å². The van der Waals surface area contributed by atoms with Crippen LogP contribution in [0, 0.1) is 5.92 Å². The summed E-state index contributed by atoms with van der Waals surface area (Å²) in [5, 5.41) is 8.60. The van der Waals surface area contributed by atoms with Crippen molar-refractivity contribution in [3.63, 3.8) is 0 Å². The number of hydrogen-bond acceptors (Lipinski definition) is 4. The molecule has 2 aromatic carbocycles. The summed E-state index contributed by atoms with van der Waals surface area (Å²) in [6.07, 6.45) is 1.64. The molecule has 2 aromatic rings. The highest BCUT2D eigenvalue weighted by molar-refractivity contribution is 6.00. The summed E-state index contributed by atoms with van der Waals surface area (Å²) in [7, 11) is 0.